The number of nitrogens with zero attached hydrogens (tertiary/aromatic N) is 3. The van der Waals surface area contributed by atoms with E-state index in [1.54, 1.807) is 30.9 Å². The van der Waals surface area contributed by atoms with E-state index in [0.717, 1.165) is 16.7 Å². The lowest BCUT2D eigenvalue weighted by Crippen LogP contribution is -2.28. The van der Waals surface area contributed by atoms with Crippen molar-refractivity contribution in [3.63, 3.8) is 0 Å². The zero-order valence-electron chi connectivity index (χ0n) is 19.9. The van der Waals surface area contributed by atoms with Crippen molar-refractivity contribution in [1.82, 2.24) is 25.6 Å². The maximum Gasteiger partial charge on any atom is 0.319 e. The Hall–Kier alpha value is -4.79. The summed E-state index contributed by atoms with van der Waals surface area (Å²) in [4.78, 5) is 37.7. The van der Waals surface area contributed by atoms with Crippen LogP contribution in [-0.4, -0.2) is 33.4 Å². The molecule has 0 saturated carbocycles. The molecule has 9 heteroatoms. The van der Waals surface area contributed by atoms with Gasteiger partial charge in [-0.3, -0.25) is 14.8 Å². The fraction of sp³-hybridized carbons (Fsp3) is 0.148. The van der Waals surface area contributed by atoms with Crippen LogP contribution in [0.3, 0.4) is 0 Å². The lowest BCUT2D eigenvalue weighted by atomic mass is 10.1. The van der Waals surface area contributed by atoms with Gasteiger partial charge in [-0.05, 0) is 60.5 Å². The number of benzene rings is 1. The molecule has 0 radical (unpaired) electrons. The molecule has 0 aliphatic heterocycles. The van der Waals surface area contributed by atoms with E-state index in [9.17, 15) is 9.59 Å². The zero-order chi connectivity index (χ0) is 25.2. The Labute approximate surface area is 209 Å². The van der Waals surface area contributed by atoms with Gasteiger partial charge >= 0.3 is 6.03 Å². The van der Waals surface area contributed by atoms with Crippen molar-refractivity contribution in [2.24, 2.45) is 0 Å². The molecule has 182 valence electrons. The quantitative estimate of drug-likeness (QED) is 0.284. The summed E-state index contributed by atoms with van der Waals surface area (Å²) in [7, 11) is 0. The number of pyridine rings is 3. The average Bonchev–Trinajstić information content (AvgIpc) is 2.92. The third kappa shape index (κ3) is 6.63. The highest BCUT2D eigenvalue weighted by Gasteiger charge is 2.14. The fourth-order valence-electron chi connectivity index (χ4n) is 3.47. The van der Waals surface area contributed by atoms with Crippen LogP contribution in [-0.2, 0) is 13.1 Å². The molecule has 4 aromatic rings. The van der Waals surface area contributed by atoms with E-state index in [4.69, 9.17) is 0 Å². The van der Waals surface area contributed by atoms with Crippen molar-refractivity contribution in [3.8, 4) is 11.3 Å². The second kappa shape index (κ2) is 12.1. The third-order valence-corrected chi connectivity index (χ3v) is 5.30. The number of amides is 3. The summed E-state index contributed by atoms with van der Waals surface area (Å²) in [6.07, 6.45) is 6.78. The molecule has 0 aliphatic carbocycles. The topological polar surface area (TPSA) is 121 Å². The number of carbonyl (C=O) groups excluding carboxylic acids is 2. The zero-order valence-corrected chi connectivity index (χ0v) is 19.9. The van der Waals surface area contributed by atoms with Gasteiger partial charge in [0, 0.05) is 55.7 Å². The summed E-state index contributed by atoms with van der Waals surface area (Å²) in [5.74, 6) is 0.304. The second-order valence-electron chi connectivity index (χ2n) is 7.91. The molecule has 0 fully saturated rings. The van der Waals surface area contributed by atoms with Crippen LogP contribution in [0, 0.1) is 0 Å². The first kappa shape index (κ1) is 24.3. The number of rotatable bonds is 9. The minimum absolute atomic E-state index is 0.210. The van der Waals surface area contributed by atoms with E-state index in [2.05, 4.69) is 36.2 Å². The van der Waals surface area contributed by atoms with Gasteiger partial charge in [-0.15, -0.1) is 0 Å². The molecule has 3 heterocycles. The lowest BCUT2D eigenvalue weighted by Gasteiger charge is -2.13. The van der Waals surface area contributed by atoms with E-state index in [1.165, 1.54) is 0 Å². The first-order chi connectivity index (χ1) is 17.6. The van der Waals surface area contributed by atoms with E-state index in [-0.39, 0.29) is 11.9 Å². The summed E-state index contributed by atoms with van der Waals surface area (Å²) >= 11 is 0. The average molecular weight is 482 g/mol. The first-order valence-corrected chi connectivity index (χ1v) is 11.6. The molecule has 0 spiro atoms. The molecule has 0 saturated heterocycles. The lowest BCUT2D eigenvalue weighted by molar-refractivity contribution is 0.0951. The van der Waals surface area contributed by atoms with Crippen LogP contribution in [0.2, 0.25) is 0 Å². The van der Waals surface area contributed by atoms with Crippen LogP contribution in [0.1, 0.15) is 28.4 Å². The number of carbonyl (C=O) groups is 2. The molecule has 3 amide bonds. The number of aromatic nitrogens is 3. The minimum Gasteiger partial charge on any atom is -0.370 e. The Kier molecular flexibility index (Phi) is 8.16. The molecule has 0 unspecified atom stereocenters. The van der Waals surface area contributed by atoms with Crippen LogP contribution in [0.4, 0.5) is 16.3 Å². The van der Waals surface area contributed by atoms with E-state index < -0.39 is 0 Å². The van der Waals surface area contributed by atoms with Crippen molar-refractivity contribution in [2.75, 3.05) is 17.2 Å². The Morgan fingerprint density at radius 3 is 2.31 bits per heavy atom. The molecule has 0 bridgehead atoms. The normalized spacial score (nSPS) is 10.4. The van der Waals surface area contributed by atoms with Crippen molar-refractivity contribution in [3.05, 3.63) is 102 Å². The maximum absolute atomic E-state index is 12.8. The highest BCUT2D eigenvalue weighted by Crippen LogP contribution is 2.24. The van der Waals surface area contributed by atoms with E-state index in [0.29, 0.717) is 42.4 Å². The largest absolute Gasteiger partial charge is 0.370 e. The van der Waals surface area contributed by atoms with E-state index in [1.807, 2.05) is 61.5 Å². The fourth-order valence-corrected chi connectivity index (χ4v) is 3.47. The van der Waals surface area contributed by atoms with Crippen molar-refractivity contribution < 1.29 is 9.59 Å². The van der Waals surface area contributed by atoms with Gasteiger partial charge < -0.3 is 21.3 Å². The third-order valence-electron chi connectivity index (χ3n) is 5.30. The van der Waals surface area contributed by atoms with Crippen LogP contribution in [0.15, 0.2) is 85.5 Å². The molecule has 0 aliphatic rings. The standard InChI is InChI=1S/C27H27N7O2/c1-2-30-25-23(26(35)31-17-19-11-14-28-15-12-19)9-10-24(34-25)21-5-7-22(8-6-21)33-27(36)32-18-20-4-3-13-29-16-20/h3-16H,2,17-18H2,1H3,(H,30,34)(H,31,35)(H2,32,33,36). The SMILES string of the molecule is CCNc1nc(-c2ccc(NC(=O)NCc3cccnc3)cc2)ccc1C(=O)NCc1ccncc1. The predicted molar refractivity (Wildman–Crippen MR) is 139 cm³/mol. The van der Waals surface area contributed by atoms with Gasteiger partial charge in [0.05, 0.1) is 11.3 Å². The molecule has 4 rings (SSSR count). The molecule has 0 atom stereocenters. The monoisotopic (exact) mass is 481 g/mol. The van der Waals surface area contributed by atoms with Gasteiger partial charge in [0.15, 0.2) is 0 Å². The molecule has 3 aromatic heterocycles. The molecular weight excluding hydrogens is 454 g/mol. The van der Waals surface area contributed by atoms with Gasteiger partial charge in [-0.2, -0.15) is 0 Å². The summed E-state index contributed by atoms with van der Waals surface area (Å²) in [5, 5.41) is 11.7. The summed E-state index contributed by atoms with van der Waals surface area (Å²) in [6.45, 7) is 3.36. The minimum atomic E-state index is -0.304. The Bertz CT molecular complexity index is 1300. The molecule has 36 heavy (non-hydrogen) atoms. The number of hydrogen-bond donors (Lipinski definition) is 4. The van der Waals surface area contributed by atoms with Crippen molar-refractivity contribution in [2.45, 2.75) is 20.0 Å². The second-order valence-corrected chi connectivity index (χ2v) is 7.91. The highest BCUT2D eigenvalue weighted by atomic mass is 16.2. The summed E-state index contributed by atoms with van der Waals surface area (Å²) < 4.78 is 0. The van der Waals surface area contributed by atoms with Gasteiger partial charge in [0.2, 0.25) is 0 Å². The molecule has 9 nitrogen and oxygen atoms in total. The van der Waals surface area contributed by atoms with Crippen LogP contribution < -0.4 is 21.3 Å². The van der Waals surface area contributed by atoms with Gasteiger partial charge in [-0.25, -0.2) is 9.78 Å². The van der Waals surface area contributed by atoms with Gasteiger partial charge in [-0.1, -0.05) is 18.2 Å². The summed E-state index contributed by atoms with van der Waals surface area (Å²) in [5.41, 5.74) is 4.58. The molecule has 1 aromatic carbocycles. The maximum atomic E-state index is 12.8. The Morgan fingerprint density at radius 1 is 0.806 bits per heavy atom. The Balaban J connectivity index is 1.40. The number of urea groups is 1. The number of nitrogens with one attached hydrogen (secondary N) is 4. The number of anilines is 2. The predicted octanol–water partition coefficient (Wildman–Crippen LogP) is 4.22. The van der Waals surface area contributed by atoms with Crippen molar-refractivity contribution >= 4 is 23.4 Å². The Morgan fingerprint density at radius 2 is 1.58 bits per heavy atom. The van der Waals surface area contributed by atoms with E-state index >= 15 is 0 Å². The van der Waals surface area contributed by atoms with Crippen molar-refractivity contribution in [1.29, 1.82) is 0 Å². The molecular formula is C27H27N7O2. The van der Waals surface area contributed by atoms with Gasteiger partial charge in [0.1, 0.15) is 5.82 Å². The molecule has 4 N–H and O–H groups in total. The van der Waals surface area contributed by atoms with Crippen LogP contribution in [0.5, 0.6) is 0 Å². The smallest absolute Gasteiger partial charge is 0.319 e. The van der Waals surface area contributed by atoms with Crippen LogP contribution in [0.25, 0.3) is 11.3 Å². The number of hydrogen-bond acceptors (Lipinski definition) is 6. The first-order valence-electron chi connectivity index (χ1n) is 11.6. The highest BCUT2D eigenvalue weighted by molar-refractivity contribution is 5.99. The van der Waals surface area contributed by atoms with Gasteiger partial charge in [0.25, 0.3) is 5.91 Å². The summed E-state index contributed by atoms with van der Waals surface area (Å²) in [6, 6.07) is 18.1. The van der Waals surface area contributed by atoms with Crippen LogP contribution >= 0.6 is 0 Å².